The third-order valence-electron chi connectivity index (χ3n) is 3.13. The highest BCUT2D eigenvalue weighted by atomic mass is 16.5. The maximum atomic E-state index is 11.4. The van der Waals surface area contributed by atoms with Gasteiger partial charge >= 0.3 is 0 Å². The summed E-state index contributed by atoms with van der Waals surface area (Å²) in [4.78, 5) is 13.3. The summed E-state index contributed by atoms with van der Waals surface area (Å²) in [6, 6.07) is 7.52. The van der Waals surface area contributed by atoms with Gasteiger partial charge in [0, 0.05) is 24.9 Å². The highest BCUT2D eigenvalue weighted by molar-refractivity contribution is 5.78. The van der Waals surface area contributed by atoms with E-state index in [0.29, 0.717) is 26.0 Å². The first-order chi connectivity index (χ1) is 9.79. The molecule has 0 radical (unpaired) electrons. The topological polar surface area (TPSA) is 49.8 Å². The van der Waals surface area contributed by atoms with E-state index in [0.717, 1.165) is 24.3 Å². The molecule has 0 aromatic heterocycles. The van der Waals surface area contributed by atoms with Crippen molar-refractivity contribution in [3.63, 3.8) is 0 Å². The summed E-state index contributed by atoms with van der Waals surface area (Å²) in [7, 11) is 0. The van der Waals surface area contributed by atoms with Crippen LogP contribution in [0.25, 0.3) is 0 Å². The van der Waals surface area contributed by atoms with Crippen LogP contribution < -0.4 is 4.74 Å². The molecular formula is C16H19NO3. The number of hydrogen-bond donors (Lipinski definition) is 1. The van der Waals surface area contributed by atoms with Crippen molar-refractivity contribution in [3.8, 4) is 17.6 Å². The number of benzene rings is 1. The Morgan fingerprint density at radius 1 is 1.30 bits per heavy atom. The zero-order valence-corrected chi connectivity index (χ0v) is 11.5. The molecule has 1 heterocycles. The van der Waals surface area contributed by atoms with Crippen LogP contribution >= 0.6 is 0 Å². The van der Waals surface area contributed by atoms with Crippen molar-refractivity contribution in [2.45, 2.75) is 19.3 Å². The van der Waals surface area contributed by atoms with Crippen LogP contribution in [0.2, 0.25) is 0 Å². The molecule has 1 aromatic carbocycles. The average molecular weight is 273 g/mol. The fourth-order valence-corrected chi connectivity index (χ4v) is 2.07. The van der Waals surface area contributed by atoms with Crippen LogP contribution in [0.3, 0.4) is 0 Å². The minimum atomic E-state index is 0.0867. The van der Waals surface area contributed by atoms with E-state index < -0.39 is 0 Å². The molecule has 1 aliphatic heterocycles. The second kappa shape index (κ2) is 7.56. The van der Waals surface area contributed by atoms with Gasteiger partial charge in [-0.3, -0.25) is 4.79 Å². The number of carbonyl (C=O) groups is 1. The molecule has 0 bridgehead atoms. The molecule has 1 aliphatic rings. The summed E-state index contributed by atoms with van der Waals surface area (Å²) in [5.41, 5.74) is 0.903. The quantitative estimate of drug-likeness (QED) is 0.826. The fraction of sp³-hybridized carbons (Fsp3) is 0.438. The lowest BCUT2D eigenvalue weighted by Crippen LogP contribution is -2.29. The number of carbonyl (C=O) groups excluding carboxylic acids is 1. The van der Waals surface area contributed by atoms with Crippen molar-refractivity contribution in [2.75, 3.05) is 26.3 Å². The summed E-state index contributed by atoms with van der Waals surface area (Å²) >= 11 is 0. The largest absolute Gasteiger partial charge is 0.492 e. The van der Waals surface area contributed by atoms with Gasteiger partial charge in [0.05, 0.1) is 13.2 Å². The lowest BCUT2D eigenvalue weighted by atomic mass is 10.2. The number of aliphatic hydroxyl groups is 1. The molecule has 106 valence electrons. The second-order valence-corrected chi connectivity index (χ2v) is 4.63. The Bertz CT molecular complexity index is 499. The molecule has 0 spiro atoms. The first-order valence-electron chi connectivity index (χ1n) is 6.90. The zero-order chi connectivity index (χ0) is 14.2. The Kier molecular flexibility index (Phi) is 5.45. The molecular weight excluding hydrogens is 254 g/mol. The van der Waals surface area contributed by atoms with E-state index in [-0.39, 0.29) is 12.5 Å². The smallest absolute Gasteiger partial charge is 0.222 e. The molecule has 2 rings (SSSR count). The number of aliphatic hydroxyl groups excluding tert-OH is 1. The molecule has 1 aromatic rings. The standard InChI is InChI=1S/C16H19NO3/c18-12-2-1-4-14-6-8-15(9-7-14)20-13-11-17-10-3-5-16(17)19/h6-9,18H,2-3,5,10-13H2. The number of rotatable bonds is 5. The van der Waals surface area contributed by atoms with E-state index in [1.54, 1.807) is 0 Å². The maximum absolute atomic E-state index is 11.4. The Morgan fingerprint density at radius 2 is 2.10 bits per heavy atom. The van der Waals surface area contributed by atoms with Crippen LogP contribution in [0, 0.1) is 11.8 Å². The fourth-order valence-electron chi connectivity index (χ4n) is 2.07. The number of amides is 1. The second-order valence-electron chi connectivity index (χ2n) is 4.63. The minimum Gasteiger partial charge on any atom is -0.492 e. The summed E-state index contributed by atoms with van der Waals surface area (Å²) in [6.07, 6.45) is 2.11. The molecule has 0 unspecified atom stereocenters. The Hall–Kier alpha value is -1.99. The van der Waals surface area contributed by atoms with Gasteiger partial charge in [-0.05, 0) is 30.7 Å². The van der Waals surface area contributed by atoms with Crippen molar-refractivity contribution in [1.82, 2.24) is 4.90 Å². The van der Waals surface area contributed by atoms with Crippen molar-refractivity contribution in [2.24, 2.45) is 0 Å². The summed E-state index contributed by atoms with van der Waals surface area (Å²) in [5, 5.41) is 8.64. The Morgan fingerprint density at radius 3 is 2.75 bits per heavy atom. The van der Waals surface area contributed by atoms with E-state index in [9.17, 15) is 4.79 Å². The molecule has 1 amide bonds. The third kappa shape index (κ3) is 4.29. The van der Waals surface area contributed by atoms with Gasteiger partial charge in [0.1, 0.15) is 12.4 Å². The number of likely N-dealkylation sites (tertiary alicyclic amines) is 1. The van der Waals surface area contributed by atoms with Crippen molar-refractivity contribution >= 4 is 5.91 Å². The molecule has 0 saturated carbocycles. The van der Waals surface area contributed by atoms with Crippen molar-refractivity contribution in [1.29, 1.82) is 0 Å². The Balaban J connectivity index is 1.76. The highest BCUT2D eigenvalue weighted by Crippen LogP contribution is 2.13. The van der Waals surface area contributed by atoms with Crippen LogP contribution in [0.4, 0.5) is 0 Å². The average Bonchev–Trinajstić information content (AvgIpc) is 2.87. The molecule has 4 nitrogen and oxygen atoms in total. The zero-order valence-electron chi connectivity index (χ0n) is 11.5. The van der Waals surface area contributed by atoms with Gasteiger partial charge in [-0.2, -0.15) is 0 Å². The lowest BCUT2D eigenvalue weighted by Gasteiger charge is -2.15. The van der Waals surface area contributed by atoms with Crippen LogP contribution in [0.1, 0.15) is 24.8 Å². The molecule has 4 heteroatoms. The molecule has 20 heavy (non-hydrogen) atoms. The van der Waals surface area contributed by atoms with Gasteiger partial charge in [-0.15, -0.1) is 0 Å². The number of nitrogens with zero attached hydrogens (tertiary/aromatic N) is 1. The normalized spacial score (nSPS) is 14.1. The van der Waals surface area contributed by atoms with E-state index in [1.165, 1.54) is 0 Å². The van der Waals surface area contributed by atoms with Gasteiger partial charge in [-0.25, -0.2) is 0 Å². The third-order valence-corrected chi connectivity index (χ3v) is 3.13. The lowest BCUT2D eigenvalue weighted by molar-refractivity contribution is -0.128. The van der Waals surface area contributed by atoms with E-state index in [1.807, 2.05) is 29.2 Å². The van der Waals surface area contributed by atoms with E-state index in [2.05, 4.69) is 11.8 Å². The number of hydrogen-bond acceptors (Lipinski definition) is 3. The molecule has 0 aliphatic carbocycles. The molecule has 1 saturated heterocycles. The molecule has 0 atom stereocenters. The highest BCUT2D eigenvalue weighted by Gasteiger charge is 2.19. The van der Waals surface area contributed by atoms with Gasteiger partial charge in [0.2, 0.25) is 5.91 Å². The van der Waals surface area contributed by atoms with E-state index in [4.69, 9.17) is 9.84 Å². The number of ether oxygens (including phenoxy) is 1. The van der Waals surface area contributed by atoms with Gasteiger partial charge in [0.15, 0.2) is 0 Å². The van der Waals surface area contributed by atoms with Crippen molar-refractivity contribution in [3.05, 3.63) is 29.8 Å². The van der Waals surface area contributed by atoms with Gasteiger partial charge < -0.3 is 14.7 Å². The van der Waals surface area contributed by atoms with Crippen LogP contribution in [0.5, 0.6) is 5.75 Å². The van der Waals surface area contributed by atoms with Gasteiger partial charge in [-0.1, -0.05) is 11.8 Å². The first kappa shape index (κ1) is 14.4. The summed E-state index contributed by atoms with van der Waals surface area (Å²) in [6.45, 7) is 2.10. The van der Waals surface area contributed by atoms with Crippen LogP contribution in [0.15, 0.2) is 24.3 Å². The first-order valence-corrected chi connectivity index (χ1v) is 6.90. The van der Waals surface area contributed by atoms with Crippen LogP contribution in [-0.4, -0.2) is 42.2 Å². The SMILES string of the molecule is O=C1CCCN1CCOc1ccc(C#CCCO)cc1. The van der Waals surface area contributed by atoms with E-state index >= 15 is 0 Å². The Labute approximate surface area is 119 Å². The minimum absolute atomic E-state index is 0.0867. The summed E-state index contributed by atoms with van der Waals surface area (Å²) < 4.78 is 5.61. The van der Waals surface area contributed by atoms with Gasteiger partial charge in [0.25, 0.3) is 0 Å². The van der Waals surface area contributed by atoms with Crippen molar-refractivity contribution < 1.29 is 14.6 Å². The predicted octanol–water partition coefficient (Wildman–Crippen LogP) is 1.42. The summed E-state index contributed by atoms with van der Waals surface area (Å²) in [5.74, 6) is 6.84. The molecule has 1 fully saturated rings. The monoisotopic (exact) mass is 273 g/mol. The molecule has 1 N–H and O–H groups in total. The maximum Gasteiger partial charge on any atom is 0.222 e. The van der Waals surface area contributed by atoms with Crippen LogP contribution in [-0.2, 0) is 4.79 Å². The predicted molar refractivity (Wildman–Crippen MR) is 76.3 cm³/mol.